The minimum absolute atomic E-state index is 0.0550. The highest BCUT2D eigenvalue weighted by Crippen LogP contribution is 2.13. The van der Waals surface area contributed by atoms with Crippen molar-refractivity contribution in [3.8, 4) is 5.75 Å². The summed E-state index contributed by atoms with van der Waals surface area (Å²) in [6.07, 6.45) is 0.531. The summed E-state index contributed by atoms with van der Waals surface area (Å²) >= 11 is 0. The van der Waals surface area contributed by atoms with E-state index in [1.54, 1.807) is 12.1 Å². The number of phenols is 1. The van der Waals surface area contributed by atoms with Crippen LogP contribution in [0.15, 0.2) is 24.3 Å². The summed E-state index contributed by atoms with van der Waals surface area (Å²) in [4.78, 5) is 11.2. The van der Waals surface area contributed by atoms with E-state index >= 15 is 0 Å². The third-order valence-corrected chi connectivity index (χ3v) is 1.75. The van der Waals surface area contributed by atoms with Crippen LogP contribution in [0.4, 0.5) is 10.5 Å². The number of carbonyl (C=O) groups is 1. The predicted octanol–water partition coefficient (Wildman–Crippen LogP) is 0.896. The van der Waals surface area contributed by atoms with Gasteiger partial charge in [0, 0.05) is 18.8 Å². The first-order chi connectivity index (χ1) is 7.22. The van der Waals surface area contributed by atoms with Gasteiger partial charge in [0.2, 0.25) is 0 Å². The van der Waals surface area contributed by atoms with Gasteiger partial charge in [0.1, 0.15) is 5.75 Å². The third kappa shape index (κ3) is 4.33. The molecule has 0 atom stereocenters. The van der Waals surface area contributed by atoms with E-state index in [1.807, 2.05) is 0 Å². The maximum absolute atomic E-state index is 11.2. The van der Waals surface area contributed by atoms with Crippen molar-refractivity contribution in [1.29, 1.82) is 0 Å². The highest BCUT2D eigenvalue weighted by Gasteiger charge is 1.99. The Bertz CT molecular complexity index is 311. The van der Waals surface area contributed by atoms with E-state index in [0.29, 0.717) is 18.7 Å². The van der Waals surface area contributed by atoms with E-state index in [9.17, 15) is 4.79 Å². The van der Waals surface area contributed by atoms with Gasteiger partial charge in [0.05, 0.1) is 0 Å². The van der Waals surface area contributed by atoms with Gasteiger partial charge >= 0.3 is 6.03 Å². The van der Waals surface area contributed by atoms with Crippen molar-refractivity contribution in [2.45, 2.75) is 6.42 Å². The molecular formula is C10H14N2O3. The highest BCUT2D eigenvalue weighted by atomic mass is 16.3. The first kappa shape index (κ1) is 11.3. The molecule has 82 valence electrons. The van der Waals surface area contributed by atoms with E-state index in [4.69, 9.17) is 10.2 Å². The SMILES string of the molecule is O=C(NCCCO)Nc1ccc(O)cc1. The molecule has 5 nitrogen and oxygen atoms in total. The van der Waals surface area contributed by atoms with Gasteiger partial charge in [-0.3, -0.25) is 0 Å². The molecule has 0 aliphatic rings. The highest BCUT2D eigenvalue weighted by molar-refractivity contribution is 5.89. The zero-order valence-electron chi connectivity index (χ0n) is 8.23. The molecule has 1 rings (SSSR count). The van der Waals surface area contributed by atoms with Crippen LogP contribution < -0.4 is 10.6 Å². The van der Waals surface area contributed by atoms with Crippen LogP contribution in [0, 0.1) is 0 Å². The Morgan fingerprint density at radius 3 is 2.53 bits per heavy atom. The van der Waals surface area contributed by atoms with Gasteiger partial charge in [0.25, 0.3) is 0 Å². The van der Waals surface area contributed by atoms with Crippen molar-refractivity contribution < 1.29 is 15.0 Å². The first-order valence-electron chi connectivity index (χ1n) is 4.67. The molecule has 0 bridgehead atoms. The average molecular weight is 210 g/mol. The van der Waals surface area contributed by atoms with E-state index in [1.165, 1.54) is 12.1 Å². The minimum Gasteiger partial charge on any atom is -0.508 e. The third-order valence-electron chi connectivity index (χ3n) is 1.75. The fourth-order valence-electron chi connectivity index (χ4n) is 1.00. The molecule has 0 spiro atoms. The van der Waals surface area contributed by atoms with Gasteiger partial charge in [-0.2, -0.15) is 0 Å². The van der Waals surface area contributed by atoms with E-state index < -0.39 is 0 Å². The molecule has 1 aromatic carbocycles. The standard InChI is InChI=1S/C10H14N2O3/c13-7-1-6-11-10(15)12-8-2-4-9(14)5-3-8/h2-5,13-14H,1,6-7H2,(H2,11,12,15). The van der Waals surface area contributed by atoms with E-state index in [-0.39, 0.29) is 18.4 Å². The zero-order valence-corrected chi connectivity index (χ0v) is 8.23. The van der Waals surface area contributed by atoms with E-state index in [0.717, 1.165) is 0 Å². The lowest BCUT2D eigenvalue weighted by molar-refractivity contribution is 0.249. The normalized spacial score (nSPS) is 9.67. The number of benzene rings is 1. The Hall–Kier alpha value is -1.75. The van der Waals surface area contributed by atoms with Crippen LogP contribution in [0.1, 0.15) is 6.42 Å². The van der Waals surface area contributed by atoms with Crippen molar-refractivity contribution >= 4 is 11.7 Å². The summed E-state index contributed by atoms with van der Waals surface area (Å²) < 4.78 is 0. The molecule has 0 fully saturated rings. The van der Waals surface area contributed by atoms with Crippen LogP contribution in [-0.2, 0) is 0 Å². The van der Waals surface area contributed by atoms with Gasteiger partial charge in [-0.25, -0.2) is 4.79 Å². The second kappa shape index (κ2) is 5.87. The second-order valence-corrected chi connectivity index (χ2v) is 3.00. The molecule has 0 aromatic heterocycles. The molecule has 0 saturated heterocycles. The largest absolute Gasteiger partial charge is 0.508 e. The number of rotatable bonds is 4. The summed E-state index contributed by atoms with van der Waals surface area (Å²) in [5.74, 6) is 0.154. The van der Waals surface area contributed by atoms with Gasteiger partial charge in [0.15, 0.2) is 0 Å². The van der Waals surface area contributed by atoms with Crippen LogP contribution in [-0.4, -0.2) is 29.4 Å². The van der Waals surface area contributed by atoms with Crippen molar-refractivity contribution in [1.82, 2.24) is 5.32 Å². The van der Waals surface area contributed by atoms with Crippen LogP contribution in [0.5, 0.6) is 5.75 Å². The Morgan fingerprint density at radius 2 is 1.93 bits per heavy atom. The topological polar surface area (TPSA) is 81.6 Å². The number of aliphatic hydroxyl groups is 1. The minimum atomic E-state index is -0.325. The summed E-state index contributed by atoms with van der Waals surface area (Å²) in [5.41, 5.74) is 0.606. The number of carbonyl (C=O) groups excluding carboxylic acids is 1. The van der Waals surface area contributed by atoms with Gasteiger partial charge < -0.3 is 20.8 Å². The number of aliphatic hydroxyl groups excluding tert-OH is 1. The van der Waals surface area contributed by atoms with Crippen molar-refractivity contribution in [3.63, 3.8) is 0 Å². The smallest absolute Gasteiger partial charge is 0.319 e. The molecule has 5 heteroatoms. The number of hydrogen-bond acceptors (Lipinski definition) is 3. The van der Waals surface area contributed by atoms with Gasteiger partial charge in [-0.05, 0) is 30.7 Å². The summed E-state index contributed by atoms with van der Waals surface area (Å²) in [6.45, 7) is 0.486. The second-order valence-electron chi connectivity index (χ2n) is 3.00. The molecule has 0 aliphatic carbocycles. The molecule has 1 aromatic rings. The Balaban J connectivity index is 2.34. The number of nitrogens with one attached hydrogen (secondary N) is 2. The fourth-order valence-corrected chi connectivity index (χ4v) is 1.00. The van der Waals surface area contributed by atoms with Crippen molar-refractivity contribution in [2.24, 2.45) is 0 Å². The number of urea groups is 1. The fraction of sp³-hybridized carbons (Fsp3) is 0.300. The van der Waals surface area contributed by atoms with Crippen LogP contribution in [0.3, 0.4) is 0 Å². The Labute approximate surface area is 87.7 Å². The predicted molar refractivity (Wildman–Crippen MR) is 56.8 cm³/mol. The molecule has 0 radical (unpaired) electrons. The lowest BCUT2D eigenvalue weighted by Gasteiger charge is -2.06. The van der Waals surface area contributed by atoms with Gasteiger partial charge in [-0.1, -0.05) is 0 Å². The Kier molecular flexibility index (Phi) is 4.43. The molecule has 4 N–H and O–H groups in total. The Morgan fingerprint density at radius 1 is 1.27 bits per heavy atom. The van der Waals surface area contributed by atoms with Crippen molar-refractivity contribution in [2.75, 3.05) is 18.5 Å². The first-order valence-corrected chi connectivity index (χ1v) is 4.67. The molecule has 0 heterocycles. The van der Waals surface area contributed by atoms with Crippen LogP contribution in [0.25, 0.3) is 0 Å². The number of aromatic hydroxyl groups is 1. The lowest BCUT2D eigenvalue weighted by Crippen LogP contribution is -2.29. The monoisotopic (exact) mass is 210 g/mol. The van der Waals surface area contributed by atoms with E-state index in [2.05, 4.69) is 10.6 Å². The number of amides is 2. The summed E-state index contributed by atoms with van der Waals surface area (Å²) in [7, 11) is 0. The summed E-state index contributed by atoms with van der Waals surface area (Å²) in [5, 5.41) is 22.7. The molecule has 0 unspecified atom stereocenters. The molecule has 15 heavy (non-hydrogen) atoms. The molecule has 0 aliphatic heterocycles. The lowest BCUT2D eigenvalue weighted by atomic mass is 10.3. The van der Waals surface area contributed by atoms with Crippen molar-refractivity contribution in [3.05, 3.63) is 24.3 Å². The van der Waals surface area contributed by atoms with Gasteiger partial charge in [-0.15, -0.1) is 0 Å². The maximum atomic E-state index is 11.2. The summed E-state index contributed by atoms with van der Waals surface area (Å²) in [6, 6.07) is 5.85. The maximum Gasteiger partial charge on any atom is 0.319 e. The number of phenolic OH excluding ortho intramolecular Hbond substituents is 1. The average Bonchev–Trinajstić information content (AvgIpc) is 2.22. The molecular weight excluding hydrogens is 196 g/mol. The quantitative estimate of drug-likeness (QED) is 0.440. The molecule has 0 saturated carbocycles. The zero-order chi connectivity index (χ0) is 11.1. The molecule has 2 amide bonds. The van der Waals surface area contributed by atoms with Crippen LogP contribution in [0.2, 0.25) is 0 Å². The van der Waals surface area contributed by atoms with Crippen LogP contribution >= 0.6 is 0 Å². The number of anilines is 1. The number of hydrogen-bond donors (Lipinski definition) is 4.